The van der Waals surface area contributed by atoms with Crippen molar-refractivity contribution in [3.05, 3.63) is 60.2 Å². The van der Waals surface area contributed by atoms with Crippen molar-refractivity contribution in [1.29, 1.82) is 0 Å². The number of carbonyl (C=O) groups is 2. The van der Waals surface area contributed by atoms with Crippen LogP contribution in [0.5, 0.6) is 0 Å². The van der Waals surface area contributed by atoms with E-state index < -0.39 is 0 Å². The Morgan fingerprint density at radius 2 is 1.58 bits per heavy atom. The van der Waals surface area contributed by atoms with Crippen molar-refractivity contribution in [2.24, 2.45) is 5.92 Å². The van der Waals surface area contributed by atoms with Gasteiger partial charge in [-0.05, 0) is 29.7 Å². The minimum Gasteiger partial charge on any atom is -0.326 e. The second-order valence-electron chi connectivity index (χ2n) is 6.03. The molecule has 0 radical (unpaired) electrons. The largest absolute Gasteiger partial charge is 0.326 e. The normalized spacial score (nSPS) is 13.0. The Morgan fingerprint density at radius 3 is 2.17 bits per heavy atom. The molecule has 0 heterocycles. The Labute approximate surface area is 143 Å². The third kappa shape index (κ3) is 4.69. The molecule has 0 spiro atoms. The van der Waals surface area contributed by atoms with Crippen LogP contribution in [0.15, 0.2) is 54.6 Å². The molecule has 0 bridgehead atoms. The van der Waals surface area contributed by atoms with Crippen LogP contribution in [0.1, 0.15) is 38.7 Å². The van der Waals surface area contributed by atoms with E-state index in [1.807, 2.05) is 42.5 Å². The van der Waals surface area contributed by atoms with E-state index in [1.54, 1.807) is 12.1 Å². The molecule has 126 valence electrons. The molecule has 2 amide bonds. The quantitative estimate of drug-likeness (QED) is 0.826. The van der Waals surface area contributed by atoms with E-state index in [4.69, 9.17) is 0 Å². The third-order valence-corrected chi connectivity index (χ3v) is 4.10. The van der Waals surface area contributed by atoms with Gasteiger partial charge in [0.2, 0.25) is 11.8 Å². The molecule has 0 saturated carbocycles. The van der Waals surface area contributed by atoms with Gasteiger partial charge in [0.05, 0.1) is 5.92 Å². The fourth-order valence-corrected chi connectivity index (χ4v) is 2.73. The van der Waals surface area contributed by atoms with Crippen molar-refractivity contribution >= 4 is 23.2 Å². The second kappa shape index (κ2) is 8.29. The monoisotopic (exact) mass is 324 g/mol. The molecule has 0 aliphatic carbocycles. The number of benzene rings is 2. The van der Waals surface area contributed by atoms with Gasteiger partial charge in [0.25, 0.3) is 0 Å². The van der Waals surface area contributed by atoms with Crippen LogP contribution >= 0.6 is 0 Å². The molecular weight excluding hydrogens is 300 g/mol. The molecular formula is C20H24N2O2. The fraction of sp³-hybridized carbons (Fsp3) is 0.300. The molecule has 4 heteroatoms. The maximum Gasteiger partial charge on any atom is 0.232 e. The lowest BCUT2D eigenvalue weighted by molar-refractivity contribution is -0.118. The topological polar surface area (TPSA) is 58.2 Å². The minimum absolute atomic E-state index is 0.0319. The highest BCUT2D eigenvalue weighted by Gasteiger charge is 2.25. The van der Waals surface area contributed by atoms with Gasteiger partial charge in [-0.1, -0.05) is 56.7 Å². The van der Waals surface area contributed by atoms with E-state index in [9.17, 15) is 9.59 Å². The van der Waals surface area contributed by atoms with E-state index in [1.165, 1.54) is 6.92 Å². The van der Waals surface area contributed by atoms with E-state index >= 15 is 0 Å². The zero-order valence-electron chi connectivity index (χ0n) is 14.4. The van der Waals surface area contributed by atoms with Gasteiger partial charge in [-0.3, -0.25) is 9.59 Å². The summed E-state index contributed by atoms with van der Waals surface area (Å²) in [6.45, 7) is 5.63. The summed E-state index contributed by atoms with van der Waals surface area (Å²) in [6, 6.07) is 17.0. The zero-order chi connectivity index (χ0) is 17.5. The standard InChI is InChI=1S/C20H24N2O2/c1-4-14(2)19(16-9-6-5-7-10-16)20(24)22-18-12-8-11-17(13-18)21-15(3)23/h5-14,19H,4H2,1-3H3,(H,21,23)(H,22,24)/t14-,19+/m1/s1. The predicted molar refractivity (Wildman–Crippen MR) is 98.0 cm³/mol. The maximum absolute atomic E-state index is 12.8. The number of hydrogen-bond donors (Lipinski definition) is 2. The summed E-state index contributed by atoms with van der Waals surface area (Å²) in [5.74, 6) is -0.151. The molecule has 0 unspecified atom stereocenters. The van der Waals surface area contributed by atoms with Crippen LogP contribution < -0.4 is 10.6 Å². The molecule has 24 heavy (non-hydrogen) atoms. The average Bonchev–Trinajstić information content (AvgIpc) is 2.55. The molecule has 0 aliphatic heterocycles. The average molecular weight is 324 g/mol. The molecule has 4 nitrogen and oxygen atoms in total. The summed E-state index contributed by atoms with van der Waals surface area (Å²) in [7, 11) is 0. The van der Waals surface area contributed by atoms with Crippen LogP contribution in [-0.2, 0) is 9.59 Å². The van der Waals surface area contributed by atoms with Gasteiger partial charge in [-0.15, -0.1) is 0 Å². The second-order valence-corrected chi connectivity index (χ2v) is 6.03. The number of nitrogens with one attached hydrogen (secondary N) is 2. The number of rotatable bonds is 6. The van der Waals surface area contributed by atoms with Crippen molar-refractivity contribution in [3.63, 3.8) is 0 Å². The molecule has 0 saturated heterocycles. The van der Waals surface area contributed by atoms with Crippen LogP contribution in [0, 0.1) is 5.92 Å². The molecule has 2 atom stereocenters. The lowest BCUT2D eigenvalue weighted by Crippen LogP contribution is -2.26. The van der Waals surface area contributed by atoms with Gasteiger partial charge < -0.3 is 10.6 Å². The fourth-order valence-electron chi connectivity index (χ4n) is 2.73. The molecule has 0 fully saturated rings. The molecule has 2 rings (SSSR count). The number of amides is 2. The zero-order valence-corrected chi connectivity index (χ0v) is 14.4. The summed E-state index contributed by atoms with van der Waals surface area (Å²) in [6.07, 6.45) is 0.916. The van der Waals surface area contributed by atoms with Crippen LogP contribution in [-0.4, -0.2) is 11.8 Å². The summed E-state index contributed by atoms with van der Waals surface area (Å²) < 4.78 is 0. The number of anilines is 2. The Bertz CT molecular complexity index is 698. The predicted octanol–water partition coefficient (Wildman–Crippen LogP) is 4.41. The summed E-state index contributed by atoms with van der Waals surface area (Å²) >= 11 is 0. The molecule has 0 aromatic heterocycles. The van der Waals surface area contributed by atoms with Crippen LogP contribution in [0.25, 0.3) is 0 Å². The third-order valence-electron chi connectivity index (χ3n) is 4.10. The van der Waals surface area contributed by atoms with Crippen LogP contribution in [0.4, 0.5) is 11.4 Å². The van der Waals surface area contributed by atoms with Crippen molar-refractivity contribution in [1.82, 2.24) is 0 Å². The maximum atomic E-state index is 12.8. The SMILES string of the molecule is CC[C@@H](C)[C@H](C(=O)Nc1cccc(NC(C)=O)c1)c1ccccc1. The molecule has 0 aliphatic rings. The summed E-state index contributed by atoms with van der Waals surface area (Å²) in [5.41, 5.74) is 2.36. The van der Waals surface area contributed by atoms with Crippen molar-refractivity contribution in [3.8, 4) is 0 Å². The highest BCUT2D eigenvalue weighted by Crippen LogP contribution is 2.28. The lowest BCUT2D eigenvalue weighted by atomic mass is 9.85. The number of hydrogen-bond acceptors (Lipinski definition) is 2. The first-order chi connectivity index (χ1) is 11.5. The van der Waals surface area contributed by atoms with Crippen molar-refractivity contribution in [2.45, 2.75) is 33.1 Å². The van der Waals surface area contributed by atoms with E-state index in [2.05, 4.69) is 24.5 Å². The van der Waals surface area contributed by atoms with Gasteiger partial charge in [-0.25, -0.2) is 0 Å². The first-order valence-corrected chi connectivity index (χ1v) is 8.24. The Morgan fingerprint density at radius 1 is 0.958 bits per heavy atom. The van der Waals surface area contributed by atoms with Gasteiger partial charge >= 0.3 is 0 Å². The van der Waals surface area contributed by atoms with Gasteiger partial charge in [0.1, 0.15) is 0 Å². The van der Waals surface area contributed by atoms with E-state index in [-0.39, 0.29) is 23.7 Å². The highest BCUT2D eigenvalue weighted by molar-refractivity contribution is 5.97. The lowest BCUT2D eigenvalue weighted by Gasteiger charge is -2.23. The van der Waals surface area contributed by atoms with Crippen molar-refractivity contribution in [2.75, 3.05) is 10.6 Å². The Hall–Kier alpha value is -2.62. The molecule has 2 aromatic carbocycles. The summed E-state index contributed by atoms with van der Waals surface area (Å²) in [5, 5.41) is 5.70. The van der Waals surface area contributed by atoms with Crippen LogP contribution in [0.2, 0.25) is 0 Å². The first kappa shape index (κ1) is 17.7. The minimum atomic E-state index is -0.208. The number of carbonyl (C=O) groups excluding carboxylic acids is 2. The van der Waals surface area contributed by atoms with Crippen LogP contribution in [0.3, 0.4) is 0 Å². The molecule has 2 aromatic rings. The first-order valence-electron chi connectivity index (χ1n) is 8.24. The van der Waals surface area contributed by atoms with Gasteiger partial charge in [0, 0.05) is 18.3 Å². The Balaban J connectivity index is 2.20. The van der Waals surface area contributed by atoms with E-state index in [0.29, 0.717) is 11.4 Å². The smallest absolute Gasteiger partial charge is 0.232 e. The van der Waals surface area contributed by atoms with E-state index in [0.717, 1.165) is 12.0 Å². The van der Waals surface area contributed by atoms with Gasteiger partial charge in [0.15, 0.2) is 0 Å². The van der Waals surface area contributed by atoms with Gasteiger partial charge in [-0.2, -0.15) is 0 Å². The molecule has 2 N–H and O–H groups in total. The highest BCUT2D eigenvalue weighted by atomic mass is 16.2. The van der Waals surface area contributed by atoms with Crippen molar-refractivity contribution < 1.29 is 9.59 Å². The summed E-state index contributed by atoms with van der Waals surface area (Å²) in [4.78, 5) is 24.0. The Kier molecular flexibility index (Phi) is 6.13.